The lowest BCUT2D eigenvalue weighted by atomic mass is 10.1. The normalized spacial score (nSPS) is 12.6. The van der Waals surface area contributed by atoms with E-state index in [4.69, 9.17) is 10.5 Å². The van der Waals surface area contributed by atoms with Gasteiger partial charge >= 0.3 is 0 Å². The van der Waals surface area contributed by atoms with E-state index in [1.807, 2.05) is 12.3 Å². The van der Waals surface area contributed by atoms with E-state index in [1.54, 1.807) is 10.6 Å². The molecule has 102 valence electrons. The fourth-order valence-electron chi connectivity index (χ4n) is 2.04. The number of hydrogen-bond donors (Lipinski definition) is 1. The van der Waals surface area contributed by atoms with Crippen LogP contribution in [0.1, 0.15) is 45.6 Å². The second-order valence-corrected chi connectivity index (χ2v) is 4.52. The maximum atomic E-state index is 12.0. The van der Waals surface area contributed by atoms with E-state index in [0.717, 1.165) is 32.3 Å². The molecule has 0 spiro atoms. The Morgan fingerprint density at radius 3 is 2.72 bits per heavy atom. The molecule has 0 aliphatic heterocycles. The Labute approximate surface area is 109 Å². The molecule has 4 nitrogen and oxygen atoms in total. The Morgan fingerprint density at radius 1 is 1.28 bits per heavy atom. The van der Waals surface area contributed by atoms with Crippen molar-refractivity contribution < 1.29 is 4.74 Å². The van der Waals surface area contributed by atoms with Gasteiger partial charge in [-0.15, -0.1) is 0 Å². The fourth-order valence-corrected chi connectivity index (χ4v) is 2.04. The standard InChI is InChI=1S/C14H24N2O2/c1-3-6-12(8-11-18-10-4-2)16-9-5-7-13(15)14(16)17/h5,7,9,12H,3-4,6,8,10-11,15H2,1-2H3. The van der Waals surface area contributed by atoms with E-state index < -0.39 is 0 Å². The molecule has 0 saturated heterocycles. The number of rotatable bonds is 8. The third-order valence-corrected chi connectivity index (χ3v) is 2.96. The lowest BCUT2D eigenvalue weighted by Gasteiger charge is -2.19. The minimum atomic E-state index is -0.0913. The third kappa shape index (κ3) is 4.18. The molecule has 4 heteroatoms. The Hall–Kier alpha value is -1.29. The summed E-state index contributed by atoms with van der Waals surface area (Å²) < 4.78 is 7.25. The second kappa shape index (κ2) is 7.93. The van der Waals surface area contributed by atoms with Crippen molar-refractivity contribution in [3.05, 3.63) is 28.7 Å². The highest BCUT2D eigenvalue weighted by Gasteiger charge is 2.12. The molecule has 2 N–H and O–H groups in total. The molecule has 0 aliphatic rings. The zero-order valence-electron chi connectivity index (χ0n) is 11.4. The van der Waals surface area contributed by atoms with Crippen molar-refractivity contribution in [1.82, 2.24) is 4.57 Å². The van der Waals surface area contributed by atoms with Crippen LogP contribution in [-0.2, 0) is 4.74 Å². The molecule has 1 rings (SSSR count). The number of nitrogens with two attached hydrogens (primary N) is 1. The monoisotopic (exact) mass is 252 g/mol. The fraction of sp³-hybridized carbons (Fsp3) is 0.643. The summed E-state index contributed by atoms with van der Waals surface area (Å²) in [6, 6.07) is 3.66. The number of hydrogen-bond acceptors (Lipinski definition) is 3. The molecule has 0 bridgehead atoms. The summed E-state index contributed by atoms with van der Waals surface area (Å²) in [5.74, 6) is 0. The number of nitrogen functional groups attached to an aromatic ring is 1. The molecule has 1 unspecified atom stereocenters. The van der Waals surface area contributed by atoms with Crippen molar-refractivity contribution in [3.63, 3.8) is 0 Å². The van der Waals surface area contributed by atoms with Gasteiger partial charge < -0.3 is 15.0 Å². The Bertz CT molecular complexity index is 401. The summed E-state index contributed by atoms with van der Waals surface area (Å²) >= 11 is 0. The molecule has 1 aromatic heterocycles. The first-order chi connectivity index (χ1) is 8.70. The van der Waals surface area contributed by atoms with Crippen LogP contribution in [0.25, 0.3) is 0 Å². The number of anilines is 1. The van der Waals surface area contributed by atoms with E-state index in [-0.39, 0.29) is 11.6 Å². The molecule has 0 fully saturated rings. The quantitative estimate of drug-likeness (QED) is 0.723. The van der Waals surface area contributed by atoms with Crippen LogP contribution in [-0.4, -0.2) is 17.8 Å². The molecule has 0 saturated carbocycles. The predicted octanol–water partition coefficient (Wildman–Crippen LogP) is 2.59. The summed E-state index contributed by atoms with van der Waals surface area (Å²) in [5, 5.41) is 0. The van der Waals surface area contributed by atoms with Gasteiger partial charge in [0.1, 0.15) is 0 Å². The number of nitrogens with zero attached hydrogens (tertiary/aromatic N) is 1. The van der Waals surface area contributed by atoms with Crippen LogP contribution in [0.3, 0.4) is 0 Å². The molecule has 1 heterocycles. The van der Waals surface area contributed by atoms with Crippen molar-refractivity contribution in [2.45, 2.75) is 45.6 Å². The zero-order chi connectivity index (χ0) is 13.4. The van der Waals surface area contributed by atoms with Crippen LogP contribution in [0.2, 0.25) is 0 Å². The first kappa shape index (κ1) is 14.8. The Balaban J connectivity index is 2.71. The summed E-state index contributed by atoms with van der Waals surface area (Å²) in [5.41, 5.74) is 5.89. The van der Waals surface area contributed by atoms with E-state index in [0.29, 0.717) is 12.3 Å². The average Bonchev–Trinajstić information content (AvgIpc) is 2.37. The molecular weight excluding hydrogens is 228 g/mol. The predicted molar refractivity (Wildman–Crippen MR) is 74.8 cm³/mol. The van der Waals surface area contributed by atoms with Crippen LogP contribution in [0, 0.1) is 0 Å². The highest BCUT2D eigenvalue weighted by Crippen LogP contribution is 2.16. The number of ether oxygens (including phenoxy) is 1. The summed E-state index contributed by atoms with van der Waals surface area (Å²) in [7, 11) is 0. The van der Waals surface area contributed by atoms with E-state index in [9.17, 15) is 4.79 Å². The smallest absolute Gasteiger partial charge is 0.273 e. The Morgan fingerprint density at radius 2 is 2.06 bits per heavy atom. The van der Waals surface area contributed by atoms with Crippen LogP contribution >= 0.6 is 0 Å². The van der Waals surface area contributed by atoms with E-state index >= 15 is 0 Å². The summed E-state index contributed by atoms with van der Waals surface area (Å²) in [6.45, 7) is 5.69. The molecule has 1 atom stereocenters. The maximum absolute atomic E-state index is 12.0. The van der Waals surface area contributed by atoms with Gasteiger partial charge in [-0.1, -0.05) is 20.3 Å². The zero-order valence-corrected chi connectivity index (χ0v) is 11.4. The van der Waals surface area contributed by atoms with Gasteiger partial charge in [-0.3, -0.25) is 4.79 Å². The van der Waals surface area contributed by atoms with Gasteiger partial charge in [0.05, 0.1) is 5.69 Å². The highest BCUT2D eigenvalue weighted by molar-refractivity contribution is 5.33. The summed E-state index contributed by atoms with van der Waals surface area (Å²) in [4.78, 5) is 12.0. The molecule has 0 amide bonds. The number of aromatic nitrogens is 1. The van der Waals surface area contributed by atoms with Crippen LogP contribution in [0.4, 0.5) is 5.69 Å². The second-order valence-electron chi connectivity index (χ2n) is 4.52. The van der Waals surface area contributed by atoms with Crippen molar-refractivity contribution >= 4 is 5.69 Å². The molecule has 18 heavy (non-hydrogen) atoms. The maximum Gasteiger partial charge on any atom is 0.273 e. The van der Waals surface area contributed by atoms with Gasteiger partial charge in [0, 0.05) is 25.5 Å². The minimum absolute atomic E-state index is 0.0913. The van der Waals surface area contributed by atoms with Crippen molar-refractivity contribution in [3.8, 4) is 0 Å². The lowest BCUT2D eigenvalue weighted by Crippen LogP contribution is -2.27. The van der Waals surface area contributed by atoms with Gasteiger partial charge in [-0.2, -0.15) is 0 Å². The first-order valence-electron chi connectivity index (χ1n) is 6.75. The molecule has 0 radical (unpaired) electrons. The van der Waals surface area contributed by atoms with Crippen LogP contribution < -0.4 is 11.3 Å². The lowest BCUT2D eigenvalue weighted by molar-refractivity contribution is 0.119. The SMILES string of the molecule is CCCOCCC(CCC)n1cccc(N)c1=O. The molecule has 0 aliphatic carbocycles. The van der Waals surface area contributed by atoms with Gasteiger partial charge in [0.25, 0.3) is 5.56 Å². The number of pyridine rings is 1. The van der Waals surface area contributed by atoms with Crippen LogP contribution in [0.15, 0.2) is 23.1 Å². The topological polar surface area (TPSA) is 57.2 Å². The van der Waals surface area contributed by atoms with Crippen molar-refractivity contribution in [2.75, 3.05) is 18.9 Å². The molecule has 0 aromatic carbocycles. The van der Waals surface area contributed by atoms with Gasteiger partial charge in [0.15, 0.2) is 0 Å². The van der Waals surface area contributed by atoms with E-state index in [1.165, 1.54) is 0 Å². The minimum Gasteiger partial charge on any atom is -0.394 e. The molecular formula is C14H24N2O2. The van der Waals surface area contributed by atoms with E-state index in [2.05, 4.69) is 13.8 Å². The van der Waals surface area contributed by atoms with Crippen molar-refractivity contribution in [2.24, 2.45) is 0 Å². The first-order valence-corrected chi connectivity index (χ1v) is 6.75. The average molecular weight is 252 g/mol. The van der Waals surface area contributed by atoms with Gasteiger partial charge in [0.2, 0.25) is 0 Å². The van der Waals surface area contributed by atoms with Crippen LogP contribution in [0.5, 0.6) is 0 Å². The summed E-state index contributed by atoms with van der Waals surface area (Å²) in [6.07, 6.45) is 5.71. The highest BCUT2D eigenvalue weighted by atomic mass is 16.5. The van der Waals surface area contributed by atoms with Crippen molar-refractivity contribution in [1.29, 1.82) is 0 Å². The Kier molecular flexibility index (Phi) is 6.50. The molecule has 1 aromatic rings. The van der Waals surface area contributed by atoms with Gasteiger partial charge in [-0.05, 0) is 31.4 Å². The largest absolute Gasteiger partial charge is 0.394 e. The van der Waals surface area contributed by atoms with Gasteiger partial charge in [-0.25, -0.2) is 0 Å². The third-order valence-electron chi connectivity index (χ3n) is 2.96.